The Balaban J connectivity index is 1.58. The Morgan fingerprint density at radius 1 is 0.944 bits per heavy atom. The molecule has 1 radical (unpaired) electrons. The van der Waals surface area contributed by atoms with Crippen molar-refractivity contribution in [2.24, 2.45) is 5.16 Å². The second-order valence-electron chi connectivity index (χ2n) is 5.46. The summed E-state index contributed by atoms with van der Waals surface area (Å²) in [6.07, 6.45) is 12.5. The van der Waals surface area contributed by atoms with Gasteiger partial charge in [0.1, 0.15) is 12.3 Å². The third kappa shape index (κ3) is 3.12. The smallest absolute Gasteiger partial charge is 0.139 e. The number of hydrogen-bond donors (Lipinski definition) is 0. The zero-order chi connectivity index (χ0) is 12.2. The maximum Gasteiger partial charge on any atom is 0.139 e. The van der Waals surface area contributed by atoms with E-state index in [9.17, 15) is 0 Å². The summed E-state index contributed by atoms with van der Waals surface area (Å²) in [6, 6.07) is 8.66. The van der Waals surface area contributed by atoms with E-state index in [4.69, 9.17) is 4.84 Å². The topological polar surface area (TPSA) is 21.6 Å². The Bertz CT molecular complexity index is 400. The molecule has 0 bridgehead atoms. The zero-order valence-corrected chi connectivity index (χ0v) is 10.8. The van der Waals surface area contributed by atoms with Gasteiger partial charge in [-0.25, -0.2) is 0 Å². The van der Waals surface area contributed by atoms with Gasteiger partial charge in [0.2, 0.25) is 0 Å². The highest BCUT2D eigenvalue weighted by molar-refractivity contribution is 5.79. The number of hydrogen-bond acceptors (Lipinski definition) is 2. The number of rotatable bonds is 4. The van der Waals surface area contributed by atoms with Crippen LogP contribution >= 0.6 is 0 Å². The highest BCUT2D eigenvalue weighted by Gasteiger charge is 2.23. The minimum Gasteiger partial charge on any atom is -0.392 e. The van der Waals surface area contributed by atoms with Gasteiger partial charge in [-0.1, -0.05) is 48.7 Å². The minimum atomic E-state index is 0.360. The van der Waals surface area contributed by atoms with Gasteiger partial charge in [-0.2, -0.15) is 0 Å². The Morgan fingerprint density at radius 3 is 2.33 bits per heavy atom. The summed E-state index contributed by atoms with van der Waals surface area (Å²) in [5, 5.41) is 3.90. The molecule has 0 amide bonds. The van der Waals surface area contributed by atoms with Gasteiger partial charge in [-0.05, 0) is 37.2 Å². The first-order valence-electron chi connectivity index (χ1n) is 7.13. The lowest BCUT2D eigenvalue weighted by Crippen LogP contribution is -2.04. The van der Waals surface area contributed by atoms with Gasteiger partial charge in [0, 0.05) is 5.56 Å². The van der Waals surface area contributed by atoms with Gasteiger partial charge >= 0.3 is 0 Å². The molecule has 95 valence electrons. The molecule has 0 saturated heterocycles. The molecular weight excluding hydrogens is 222 g/mol. The average Bonchev–Trinajstić information content (AvgIpc) is 3.25. The van der Waals surface area contributed by atoms with Gasteiger partial charge in [-0.15, -0.1) is 0 Å². The third-order valence-corrected chi connectivity index (χ3v) is 3.89. The first-order chi connectivity index (χ1) is 8.92. The van der Waals surface area contributed by atoms with Crippen molar-refractivity contribution in [3.05, 3.63) is 35.4 Å². The summed E-state index contributed by atoms with van der Waals surface area (Å²) >= 11 is 0. The minimum absolute atomic E-state index is 0.360. The maximum absolute atomic E-state index is 5.22. The molecule has 1 aromatic rings. The molecule has 2 aliphatic rings. The van der Waals surface area contributed by atoms with E-state index in [1.54, 1.807) is 0 Å². The van der Waals surface area contributed by atoms with E-state index in [2.05, 4.69) is 35.6 Å². The molecule has 0 atom stereocenters. The predicted octanol–water partition coefficient (Wildman–Crippen LogP) is 4.12. The molecular formula is C16H20NO. The van der Waals surface area contributed by atoms with Crippen LogP contribution in [0.1, 0.15) is 62.0 Å². The van der Waals surface area contributed by atoms with E-state index >= 15 is 0 Å². The van der Waals surface area contributed by atoms with Crippen molar-refractivity contribution in [3.63, 3.8) is 0 Å². The molecule has 0 aliphatic heterocycles. The van der Waals surface area contributed by atoms with Crippen LogP contribution in [-0.2, 0) is 4.84 Å². The summed E-state index contributed by atoms with van der Waals surface area (Å²) in [7, 11) is 0. The monoisotopic (exact) mass is 242 g/mol. The molecule has 3 rings (SSSR count). The van der Waals surface area contributed by atoms with Crippen molar-refractivity contribution in [2.45, 2.75) is 57.0 Å². The van der Waals surface area contributed by atoms with E-state index in [-0.39, 0.29) is 0 Å². The molecule has 18 heavy (non-hydrogen) atoms. The molecule has 0 N–H and O–H groups in total. The highest BCUT2D eigenvalue weighted by Crippen LogP contribution is 2.32. The van der Waals surface area contributed by atoms with E-state index in [1.807, 2.05) is 0 Å². The summed E-state index contributed by atoms with van der Waals surface area (Å²) in [5.74, 6) is 0.771. The van der Waals surface area contributed by atoms with E-state index in [1.165, 1.54) is 37.7 Å². The van der Waals surface area contributed by atoms with Crippen molar-refractivity contribution < 1.29 is 4.84 Å². The van der Waals surface area contributed by atoms with Crippen LogP contribution in [0.15, 0.2) is 29.4 Å². The van der Waals surface area contributed by atoms with Crippen molar-refractivity contribution in [1.82, 2.24) is 0 Å². The first kappa shape index (κ1) is 11.8. The normalized spacial score (nSPS) is 21.3. The zero-order valence-electron chi connectivity index (χ0n) is 10.8. The molecule has 2 fully saturated rings. The second kappa shape index (κ2) is 5.55. The number of benzene rings is 1. The average molecular weight is 242 g/mol. The van der Waals surface area contributed by atoms with Gasteiger partial charge in [-0.3, -0.25) is 0 Å². The van der Waals surface area contributed by atoms with Crippen LogP contribution in [0.25, 0.3) is 0 Å². The van der Waals surface area contributed by atoms with Crippen molar-refractivity contribution in [3.8, 4) is 0 Å². The van der Waals surface area contributed by atoms with Crippen LogP contribution in [-0.4, -0.2) is 12.3 Å². The summed E-state index contributed by atoms with van der Waals surface area (Å²) in [6.45, 7) is 0. The lowest BCUT2D eigenvalue weighted by atomic mass is 9.84. The predicted molar refractivity (Wildman–Crippen MR) is 72.9 cm³/mol. The molecule has 2 saturated carbocycles. The summed E-state index contributed by atoms with van der Waals surface area (Å²) < 4.78 is 0. The summed E-state index contributed by atoms with van der Waals surface area (Å²) in [4.78, 5) is 5.22. The van der Waals surface area contributed by atoms with E-state index in [0.29, 0.717) is 6.10 Å². The van der Waals surface area contributed by atoms with Crippen LogP contribution in [0, 0.1) is 0 Å². The van der Waals surface area contributed by atoms with Gasteiger partial charge in [0.25, 0.3) is 0 Å². The Hall–Kier alpha value is -1.31. The SMILES string of the molecule is [C](=N\OC1CC1)/c1ccc(C2CCCCC2)cc1. The summed E-state index contributed by atoms with van der Waals surface area (Å²) in [5.41, 5.74) is 2.48. The molecule has 1 aromatic carbocycles. The molecule has 2 heteroatoms. The van der Waals surface area contributed by atoms with E-state index in [0.717, 1.165) is 24.3 Å². The van der Waals surface area contributed by atoms with Crippen molar-refractivity contribution >= 4 is 6.21 Å². The Labute approximate surface area is 109 Å². The standard InChI is InChI=1S/C16H20NO/c1-2-4-14(5-3-1)15-8-6-13(7-9-15)12-17-18-16-10-11-16/h6-9,14,16H,1-5,10-11H2. The lowest BCUT2D eigenvalue weighted by Gasteiger charge is -2.21. The van der Waals surface area contributed by atoms with Gasteiger partial charge in [0.15, 0.2) is 0 Å². The Morgan fingerprint density at radius 2 is 1.67 bits per heavy atom. The number of nitrogens with zero attached hydrogens (tertiary/aromatic N) is 1. The first-order valence-corrected chi connectivity index (χ1v) is 7.13. The van der Waals surface area contributed by atoms with Crippen LogP contribution in [0.4, 0.5) is 0 Å². The fourth-order valence-electron chi connectivity index (χ4n) is 2.59. The molecule has 0 aromatic heterocycles. The van der Waals surface area contributed by atoms with Crippen LogP contribution in [0.2, 0.25) is 0 Å². The highest BCUT2D eigenvalue weighted by atomic mass is 16.6. The third-order valence-electron chi connectivity index (χ3n) is 3.89. The van der Waals surface area contributed by atoms with Gasteiger partial charge in [0.05, 0.1) is 0 Å². The fourth-order valence-corrected chi connectivity index (χ4v) is 2.59. The van der Waals surface area contributed by atoms with Crippen LogP contribution in [0.5, 0.6) is 0 Å². The fraction of sp³-hybridized carbons (Fsp3) is 0.562. The van der Waals surface area contributed by atoms with Crippen LogP contribution in [0.3, 0.4) is 0 Å². The second-order valence-corrected chi connectivity index (χ2v) is 5.46. The molecule has 2 nitrogen and oxygen atoms in total. The van der Waals surface area contributed by atoms with Crippen molar-refractivity contribution in [2.75, 3.05) is 0 Å². The maximum atomic E-state index is 5.22. The molecule has 0 spiro atoms. The molecule has 2 aliphatic carbocycles. The largest absolute Gasteiger partial charge is 0.392 e. The lowest BCUT2D eigenvalue weighted by molar-refractivity contribution is 0.131. The molecule has 0 unspecified atom stereocenters. The van der Waals surface area contributed by atoms with Gasteiger partial charge < -0.3 is 4.84 Å². The van der Waals surface area contributed by atoms with Crippen LogP contribution < -0.4 is 0 Å². The van der Waals surface area contributed by atoms with E-state index < -0.39 is 0 Å². The van der Waals surface area contributed by atoms with Crippen molar-refractivity contribution in [1.29, 1.82) is 0 Å². The quantitative estimate of drug-likeness (QED) is 0.575. The molecule has 0 heterocycles. The Kier molecular flexibility index (Phi) is 3.63.